The first-order valence-corrected chi connectivity index (χ1v) is 22.2. The van der Waals surface area contributed by atoms with Gasteiger partial charge in [-0.25, -0.2) is 0 Å². The Morgan fingerprint density at radius 3 is 1.92 bits per heavy atom. The lowest BCUT2D eigenvalue weighted by atomic mass is 9.82. The van der Waals surface area contributed by atoms with Crippen LogP contribution in [0.25, 0.3) is 93.6 Å². The molecule has 0 bridgehead atoms. The number of hydrogen-bond donors (Lipinski definition) is 0. The van der Waals surface area contributed by atoms with Gasteiger partial charge < -0.3 is 13.9 Å². The number of para-hydroxylation sites is 2. The lowest BCUT2D eigenvalue weighted by Gasteiger charge is -2.28. The minimum Gasteiger partial charge on any atom is -0.456 e. The molecule has 0 spiro atoms. The van der Waals surface area contributed by atoms with Crippen LogP contribution in [0, 0.1) is 0 Å². The number of rotatable bonds is 6. The van der Waals surface area contributed by atoms with Gasteiger partial charge in [-0.3, -0.25) is 0 Å². The third-order valence-corrected chi connectivity index (χ3v) is 13.7. The summed E-state index contributed by atoms with van der Waals surface area (Å²) < 4.78 is 9.12. The van der Waals surface area contributed by atoms with Crippen molar-refractivity contribution in [2.24, 2.45) is 0 Å². The molecule has 2 heterocycles. The number of benzene rings is 10. The van der Waals surface area contributed by atoms with Crippen LogP contribution in [-0.2, 0) is 5.41 Å². The van der Waals surface area contributed by atoms with Crippen LogP contribution >= 0.6 is 0 Å². The average Bonchev–Trinajstić information content (AvgIpc) is 3.96. The van der Waals surface area contributed by atoms with Gasteiger partial charge in [0.25, 0.3) is 0 Å². The van der Waals surface area contributed by atoms with Crippen molar-refractivity contribution in [3.05, 3.63) is 230 Å². The summed E-state index contributed by atoms with van der Waals surface area (Å²) in [6.45, 7) is 4.70. The number of aromatic nitrogens is 1. The molecule has 0 radical (unpaired) electrons. The highest BCUT2D eigenvalue weighted by atomic mass is 16.3. The van der Waals surface area contributed by atoms with Gasteiger partial charge in [-0.15, -0.1) is 0 Å². The Hall–Kier alpha value is -8.14. The summed E-state index contributed by atoms with van der Waals surface area (Å²) >= 11 is 0. The quantitative estimate of drug-likeness (QED) is 0.167. The standard InChI is InChI=1S/C61H42N2O/c1-61(2)52-23-13-11-21-48(52)49-33-32-47(37-53(49)61)62(44-19-7-4-8-20-44)45-29-25-40(26-30-45)43-28-34-54-51(36-43)59-55(63(54)46-31-27-39-15-9-10-18-42(39)35-46)38-57-60(50-22-12-14-24-56(50)64-57)58(59)41-16-5-3-6-17-41/h3-38H,1-2H3. The molecular weight excluding hydrogens is 777 g/mol. The second-order valence-corrected chi connectivity index (χ2v) is 17.7. The molecule has 12 aromatic rings. The zero-order chi connectivity index (χ0) is 42.5. The van der Waals surface area contributed by atoms with Crippen molar-refractivity contribution >= 4 is 71.6 Å². The van der Waals surface area contributed by atoms with Crippen molar-refractivity contribution in [1.82, 2.24) is 4.57 Å². The second-order valence-electron chi connectivity index (χ2n) is 17.7. The lowest BCUT2D eigenvalue weighted by molar-refractivity contribution is 0.660. The predicted octanol–water partition coefficient (Wildman–Crippen LogP) is 16.9. The molecular formula is C61H42N2O. The van der Waals surface area contributed by atoms with Crippen LogP contribution in [0.4, 0.5) is 17.1 Å². The maximum Gasteiger partial charge on any atom is 0.138 e. The van der Waals surface area contributed by atoms with Crippen LogP contribution in [0.3, 0.4) is 0 Å². The van der Waals surface area contributed by atoms with E-state index in [0.717, 1.165) is 72.4 Å². The summed E-state index contributed by atoms with van der Waals surface area (Å²) in [7, 11) is 0. The Bertz CT molecular complexity index is 3800. The number of hydrogen-bond acceptors (Lipinski definition) is 2. The molecule has 0 saturated heterocycles. The Morgan fingerprint density at radius 1 is 0.406 bits per heavy atom. The SMILES string of the molecule is CC1(C)c2ccccc2-c2ccc(N(c3ccccc3)c3ccc(-c4ccc5c(c4)c4c(-c6ccccc6)c6c(cc4n5-c4ccc5ccccc5c4)oc4ccccc46)cc3)cc21. The van der Waals surface area contributed by atoms with Gasteiger partial charge in [-0.05, 0) is 116 Å². The lowest BCUT2D eigenvalue weighted by Crippen LogP contribution is -2.16. The van der Waals surface area contributed by atoms with E-state index >= 15 is 0 Å². The monoisotopic (exact) mass is 818 g/mol. The van der Waals surface area contributed by atoms with Crippen molar-refractivity contribution in [1.29, 1.82) is 0 Å². The highest BCUT2D eigenvalue weighted by Crippen LogP contribution is 2.51. The van der Waals surface area contributed by atoms with Gasteiger partial charge in [0.1, 0.15) is 11.2 Å². The largest absolute Gasteiger partial charge is 0.456 e. The Balaban J connectivity index is 1.00. The van der Waals surface area contributed by atoms with Crippen LogP contribution < -0.4 is 4.90 Å². The van der Waals surface area contributed by atoms with Gasteiger partial charge >= 0.3 is 0 Å². The molecule has 302 valence electrons. The van der Waals surface area contributed by atoms with Crippen molar-refractivity contribution in [2.45, 2.75) is 19.3 Å². The molecule has 0 fully saturated rings. The van der Waals surface area contributed by atoms with Crippen molar-refractivity contribution in [3.63, 3.8) is 0 Å². The van der Waals surface area contributed by atoms with Crippen LogP contribution in [0.15, 0.2) is 223 Å². The summed E-state index contributed by atoms with van der Waals surface area (Å²) in [5.41, 5.74) is 18.5. The first-order valence-electron chi connectivity index (χ1n) is 22.2. The molecule has 13 rings (SSSR count). The fourth-order valence-electron chi connectivity index (χ4n) is 10.7. The molecule has 0 aliphatic heterocycles. The highest BCUT2D eigenvalue weighted by Gasteiger charge is 2.35. The van der Waals surface area contributed by atoms with Crippen molar-refractivity contribution in [3.8, 4) is 39.1 Å². The van der Waals surface area contributed by atoms with E-state index in [-0.39, 0.29) is 5.41 Å². The molecule has 2 aromatic heterocycles. The molecule has 0 N–H and O–H groups in total. The molecule has 0 amide bonds. The summed E-state index contributed by atoms with van der Waals surface area (Å²) in [4.78, 5) is 2.39. The van der Waals surface area contributed by atoms with E-state index in [0.29, 0.717) is 0 Å². The molecule has 0 atom stereocenters. The molecule has 1 aliphatic carbocycles. The number of anilines is 3. The normalized spacial score (nSPS) is 13.0. The van der Waals surface area contributed by atoms with Crippen molar-refractivity contribution < 1.29 is 4.42 Å². The smallest absolute Gasteiger partial charge is 0.138 e. The summed E-state index contributed by atoms with van der Waals surface area (Å²) in [6, 6.07) is 79.6. The van der Waals surface area contributed by atoms with Gasteiger partial charge in [0.2, 0.25) is 0 Å². The zero-order valence-electron chi connectivity index (χ0n) is 35.6. The number of nitrogens with zero attached hydrogens (tertiary/aromatic N) is 2. The highest BCUT2D eigenvalue weighted by molar-refractivity contribution is 6.27. The summed E-state index contributed by atoms with van der Waals surface area (Å²) in [5.74, 6) is 0. The van der Waals surface area contributed by atoms with E-state index in [1.165, 1.54) is 49.4 Å². The van der Waals surface area contributed by atoms with Crippen LogP contribution in [0.2, 0.25) is 0 Å². The fourth-order valence-corrected chi connectivity index (χ4v) is 10.7. The van der Waals surface area contributed by atoms with E-state index in [2.05, 4.69) is 242 Å². The minimum absolute atomic E-state index is 0.0961. The Kier molecular flexibility index (Phi) is 7.95. The van der Waals surface area contributed by atoms with Gasteiger partial charge in [0.15, 0.2) is 0 Å². The van der Waals surface area contributed by atoms with Gasteiger partial charge in [0, 0.05) is 61.3 Å². The number of furan rings is 1. The van der Waals surface area contributed by atoms with E-state index in [4.69, 9.17) is 4.42 Å². The average molecular weight is 819 g/mol. The Labute approximate surface area is 371 Å². The van der Waals surface area contributed by atoms with Crippen molar-refractivity contribution in [2.75, 3.05) is 4.90 Å². The Morgan fingerprint density at radius 2 is 1.08 bits per heavy atom. The van der Waals surface area contributed by atoms with Crippen LogP contribution in [-0.4, -0.2) is 4.57 Å². The van der Waals surface area contributed by atoms with E-state index < -0.39 is 0 Å². The third kappa shape index (κ3) is 5.47. The van der Waals surface area contributed by atoms with Gasteiger partial charge in [-0.1, -0.05) is 159 Å². The topological polar surface area (TPSA) is 21.3 Å². The predicted molar refractivity (Wildman–Crippen MR) is 269 cm³/mol. The van der Waals surface area contributed by atoms with E-state index in [1.54, 1.807) is 0 Å². The molecule has 64 heavy (non-hydrogen) atoms. The molecule has 3 heteroatoms. The molecule has 0 saturated carbocycles. The first-order chi connectivity index (χ1) is 31.5. The molecule has 1 aliphatic rings. The van der Waals surface area contributed by atoms with Crippen LogP contribution in [0.5, 0.6) is 0 Å². The van der Waals surface area contributed by atoms with E-state index in [1.807, 2.05) is 0 Å². The van der Waals surface area contributed by atoms with E-state index in [9.17, 15) is 0 Å². The summed E-state index contributed by atoms with van der Waals surface area (Å²) in [6.07, 6.45) is 0. The molecule has 0 unspecified atom stereocenters. The first kappa shape index (κ1) is 36.5. The second kappa shape index (κ2) is 13.9. The van der Waals surface area contributed by atoms with Gasteiger partial charge in [0.05, 0.1) is 11.0 Å². The maximum atomic E-state index is 6.70. The minimum atomic E-state index is -0.0961. The fraction of sp³-hybridized carbons (Fsp3) is 0.0492. The molecule has 10 aromatic carbocycles. The number of fused-ring (bicyclic) bond motifs is 10. The summed E-state index contributed by atoms with van der Waals surface area (Å²) in [5, 5.41) is 7.10. The van der Waals surface area contributed by atoms with Gasteiger partial charge in [-0.2, -0.15) is 0 Å². The third-order valence-electron chi connectivity index (χ3n) is 13.7. The van der Waals surface area contributed by atoms with Crippen LogP contribution in [0.1, 0.15) is 25.0 Å². The maximum absolute atomic E-state index is 6.70. The zero-order valence-corrected chi connectivity index (χ0v) is 35.6. The molecule has 3 nitrogen and oxygen atoms in total.